The fourth-order valence-electron chi connectivity index (χ4n) is 2.60. The summed E-state index contributed by atoms with van der Waals surface area (Å²) in [5.74, 6) is 0. The molecule has 1 unspecified atom stereocenters. The number of hydrogen-bond donors (Lipinski definition) is 1. The number of hydrogen-bond acceptors (Lipinski definition) is 3. The van der Waals surface area contributed by atoms with Crippen LogP contribution in [-0.2, 0) is 0 Å². The molecule has 0 saturated heterocycles. The fraction of sp³-hybridized carbons (Fsp3) is 0.684. The van der Waals surface area contributed by atoms with E-state index in [1.807, 2.05) is 0 Å². The van der Waals surface area contributed by atoms with E-state index in [0.717, 1.165) is 18.5 Å². The van der Waals surface area contributed by atoms with Gasteiger partial charge in [-0.1, -0.05) is 45.2 Å². The molecule has 1 rings (SSSR count). The van der Waals surface area contributed by atoms with Crippen LogP contribution in [0.2, 0.25) is 0 Å². The first-order valence-corrected chi connectivity index (χ1v) is 9.98. The SMILES string of the molecule is CCCCCN(CCCC)CCC(O)c1ccc(SC)cc1. The first-order chi connectivity index (χ1) is 10.7. The summed E-state index contributed by atoms with van der Waals surface area (Å²) >= 11 is 1.74. The van der Waals surface area contributed by atoms with E-state index in [4.69, 9.17) is 0 Å². The molecule has 0 fully saturated rings. The van der Waals surface area contributed by atoms with Gasteiger partial charge < -0.3 is 10.0 Å². The number of rotatable bonds is 12. The second-order valence-electron chi connectivity index (χ2n) is 5.98. The highest BCUT2D eigenvalue weighted by Crippen LogP contribution is 2.21. The standard InChI is InChI=1S/C19H33NOS/c1-4-6-8-15-20(14-7-5-2)16-13-19(21)17-9-11-18(22-3)12-10-17/h9-12,19,21H,4-8,13-16H2,1-3H3. The lowest BCUT2D eigenvalue weighted by atomic mass is 10.1. The largest absolute Gasteiger partial charge is 0.388 e. The Labute approximate surface area is 141 Å². The molecule has 22 heavy (non-hydrogen) atoms. The Morgan fingerprint density at radius 3 is 2.18 bits per heavy atom. The van der Waals surface area contributed by atoms with Crippen LogP contribution in [0, 0.1) is 0 Å². The zero-order valence-electron chi connectivity index (χ0n) is 14.6. The van der Waals surface area contributed by atoms with E-state index in [-0.39, 0.29) is 6.10 Å². The molecule has 0 aromatic heterocycles. The number of nitrogens with zero attached hydrogens (tertiary/aromatic N) is 1. The molecule has 1 N–H and O–H groups in total. The second-order valence-corrected chi connectivity index (χ2v) is 6.86. The molecular weight excluding hydrogens is 290 g/mol. The molecule has 1 atom stereocenters. The highest BCUT2D eigenvalue weighted by atomic mass is 32.2. The fourth-order valence-corrected chi connectivity index (χ4v) is 3.01. The van der Waals surface area contributed by atoms with Crippen LogP contribution in [0.15, 0.2) is 29.2 Å². The van der Waals surface area contributed by atoms with E-state index in [2.05, 4.69) is 49.3 Å². The molecule has 0 heterocycles. The molecule has 0 amide bonds. The molecular formula is C19H33NOS. The lowest BCUT2D eigenvalue weighted by Crippen LogP contribution is -2.28. The molecule has 0 aliphatic rings. The Kier molecular flexibility index (Phi) is 10.6. The van der Waals surface area contributed by atoms with Gasteiger partial charge in [-0.3, -0.25) is 0 Å². The van der Waals surface area contributed by atoms with E-state index in [1.165, 1.54) is 50.1 Å². The summed E-state index contributed by atoms with van der Waals surface area (Å²) in [7, 11) is 0. The number of aliphatic hydroxyl groups is 1. The van der Waals surface area contributed by atoms with Gasteiger partial charge in [0.05, 0.1) is 6.10 Å². The minimum Gasteiger partial charge on any atom is -0.388 e. The summed E-state index contributed by atoms with van der Waals surface area (Å²) < 4.78 is 0. The van der Waals surface area contributed by atoms with Crippen LogP contribution in [0.4, 0.5) is 0 Å². The Morgan fingerprint density at radius 1 is 0.955 bits per heavy atom. The van der Waals surface area contributed by atoms with Crippen molar-refractivity contribution in [1.29, 1.82) is 0 Å². The van der Waals surface area contributed by atoms with Crippen molar-refractivity contribution in [2.24, 2.45) is 0 Å². The summed E-state index contributed by atoms with van der Waals surface area (Å²) in [4.78, 5) is 3.78. The number of benzene rings is 1. The van der Waals surface area contributed by atoms with Gasteiger partial charge in [-0.2, -0.15) is 0 Å². The number of thioether (sulfide) groups is 1. The highest BCUT2D eigenvalue weighted by Gasteiger charge is 2.11. The summed E-state index contributed by atoms with van der Waals surface area (Å²) in [5, 5.41) is 10.4. The van der Waals surface area contributed by atoms with E-state index in [1.54, 1.807) is 11.8 Å². The molecule has 1 aromatic carbocycles. The molecule has 0 bridgehead atoms. The zero-order chi connectivity index (χ0) is 16.2. The van der Waals surface area contributed by atoms with Gasteiger partial charge in [0.15, 0.2) is 0 Å². The molecule has 0 radical (unpaired) electrons. The lowest BCUT2D eigenvalue weighted by Gasteiger charge is -2.23. The van der Waals surface area contributed by atoms with Crippen molar-refractivity contribution in [3.8, 4) is 0 Å². The van der Waals surface area contributed by atoms with Crippen molar-refractivity contribution >= 4 is 11.8 Å². The number of unbranched alkanes of at least 4 members (excludes halogenated alkanes) is 3. The molecule has 2 nitrogen and oxygen atoms in total. The van der Waals surface area contributed by atoms with Crippen LogP contribution in [0.1, 0.15) is 64.0 Å². The maximum Gasteiger partial charge on any atom is 0.0802 e. The van der Waals surface area contributed by atoms with Gasteiger partial charge in [0, 0.05) is 11.4 Å². The summed E-state index contributed by atoms with van der Waals surface area (Å²) in [5.41, 5.74) is 1.04. The molecule has 0 aliphatic carbocycles. The summed E-state index contributed by atoms with van der Waals surface area (Å²) in [6, 6.07) is 8.31. The Balaban J connectivity index is 2.43. The van der Waals surface area contributed by atoms with Gasteiger partial charge >= 0.3 is 0 Å². The van der Waals surface area contributed by atoms with E-state index in [0.29, 0.717) is 0 Å². The topological polar surface area (TPSA) is 23.5 Å². The predicted molar refractivity (Wildman–Crippen MR) is 98.7 cm³/mol. The predicted octanol–water partition coefficient (Wildman–Crippen LogP) is 5.12. The Morgan fingerprint density at radius 2 is 1.59 bits per heavy atom. The van der Waals surface area contributed by atoms with Crippen molar-refractivity contribution in [2.75, 3.05) is 25.9 Å². The van der Waals surface area contributed by atoms with Crippen molar-refractivity contribution < 1.29 is 5.11 Å². The minimum atomic E-state index is -0.341. The third kappa shape index (κ3) is 7.66. The maximum absolute atomic E-state index is 10.4. The van der Waals surface area contributed by atoms with Crippen molar-refractivity contribution in [1.82, 2.24) is 4.90 Å². The summed E-state index contributed by atoms with van der Waals surface area (Å²) in [6.45, 7) is 7.82. The highest BCUT2D eigenvalue weighted by molar-refractivity contribution is 7.98. The van der Waals surface area contributed by atoms with Gasteiger partial charge in [0.1, 0.15) is 0 Å². The first-order valence-electron chi connectivity index (χ1n) is 8.75. The average molecular weight is 324 g/mol. The van der Waals surface area contributed by atoms with Gasteiger partial charge in [-0.25, -0.2) is 0 Å². The zero-order valence-corrected chi connectivity index (χ0v) is 15.4. The molecule has 126 valence electrons. The monoisotopic (exact) mass is 323 g/mol. The van der Waals surface area contributed by atoms with Crippen molar-refractivity contribution in [2.45, 2.75) is 63.4 Å². The van der Waals surface area contributed by atoms with Crippen LogP contribution in [0.5, 0.6) is 0 Å². The van der Waals surface area contributed by atoms with E-state index < -0.39 is 0 Å². The molecule has 1 aromatic rings. The number of aliphatic hydroxyl groups excluding tert-OH is 1. The first kappa shape index (κ1) is 19.5. The third-order valence-corrected chi connectivity index (χ3v) is 4.87. The van der Waals surface area contributed by atoms with E-state index >= 15 is 0 Å². The van der Waals surface area contributed by atoms with Gasteiger partial charge in [0.2, 0.25) is 0 Å². The lowest BCUT2D eigenvalue weighted by molar-refractivity contribution is 0.140. The summed E-state index contributed by atoms with van der Waals surface area (Å²) in [6.07, 6.45) is 8.91. The second kappa shape index (κ2) is 12.0. The van der Waals surface area contributed by atoms with Crippen molar-refractivity contribution in [3.63, 3.8) is 0 Å². The van der Waals surface area contributed by atoms with Crippen LogP contribution in [0.3, 0.4) is 0 Å². The Hall–Kier alpha value is -0.510. The molecule has 0 spiro atoms. The quantitative estimate of drug-likeness (QED) is 0.426. The average Bonchev–Trinajstić information content (AvgIpc) is 2.56. The van der Waals surface area contributed by atoms with Crippen LogP contribution in [-0.4, -0.2) is 35.9 Å². The van der Waals surface area contributed by atoms with Crippen LogP contribution >= 0.6 is 11.8 Å². The normalized spacial score (nSPS) is 12.8. The smallest absolute Gasteiger partial charge is 0.0802 e. The maximum atomic E-state index is 10.4. The van der Waals surface area contributed by atoms with Crippen LogP contribution < -0.4 is 0 Å². The van der Waals surface area contributed by atoms with Gasteiger partial charge in [-0.15, -0.1) is 11.8 Å². The Bertz CT molecular complexity index is 380. The van der Waals surface area contributed by atoms with Crippen molar-refractivity contribution in [3.05, 3.63) is 29.8 Å². The van der Waals surface area contributed by atoms with Crippen LogP contribution in [0.25, 0.3) is 0 Å². The van der Waals surface area contributed by atoms with Gasteiger partial charge in [-0.05, 0) is 56.3 Å². The van der Waals surface area contributed by atoms with Gasteiger partial charge in [0.25, 0.3) is 0 Å². The van der Waals surface area contributed by atoms with E-state index in [9.17, 15) is 5.11 Å². The molecule has 0 saturated carbocycles. The third-order valence-electron chi connectivity index (χ3n) is 4.13. The minimum absolute atomic E-state index is 0.341. The molecule has 0 aliphatic heterocycles. The molecule has 3 heteroatoms.